The first kappa shape index (κ1) is 13.6. The monoisotopic (exact) mass is 292 g/mol. The highest BCUT2D eigenvalue weighted by molar-refractivity contribution is 7.16. The zero-order valence-corrected chi connectivity index (χ0v) is 12.2. The van der Waals surface area contributed by atoms with Gasteiger partial charge in [-0.05, 0) is 36.1 Å². The maximum atomic E-state index is 9.47. The van der Waals surface area contributed by atoms with Crippen molar-refractivity contribution in [2.75, 3.05) is 24.2 Å². The molecule has 1 saturated carbocycles. The Morgan fingerprint density at radius 2 is 2.10 bits per heavy atom. The van der Waals surface area contributed by atoms with E-state index in [1.165, 1.54) is 19.3 Å². The van der Waals surface area contributed by atoms with Crippen LogP contribution in [0.25, 0.3) is 10.2 Å². The number of fused-ring (bicyclic) bond motifs is 1. The molecule has 0 aliphatic heterocycles. The first-order valence-corrected chi connectivity index (χ1v) is 8.01. The van der Waals surface area contributed by atoms with Crippen LogP contribution in [0.5, 0.6) is 0 Å². The maximum Gasteiger partial charge on any atom is 0.223 e. The molecular formula is C14H20N4OS. The van der Waals surface area contributed by atoms with Crippen LogP contribution in [0.2, 0.25) is 0 Å². The molecule has 2 heterocycles. The molecule has 0 amide bonds. The highest BCUT2D eigenvalue weighted by Gasteiger charge is 2.24. The normalized spacial score (nSPS) is 23.1. The average molecular weight is 292 g/mol. The summed E-state index contributed by atoms with van der Waals surface area (Å²) in [7, 11) is 0. The minimum absolute atomic E-state index is 0.284. The number of aliphatic hydroxyl groups excluding tert-OH is 1. The van der Waals surface area contributed by atoms with Gasteiger partial charge in [0.25, 0.3) is 0 Å². The van der Waals surface area contributed by atoms with E-state index in [1.54, 1.807) is 11.3 Å². The first-order valence-electron chi connectivity index (χ1n) is 7.13. The molecule has 0 radical (unpaired) electrons. The van der Waals surface area contributed by atoms with Crippen molar-refractivity contribution in [3.8, 4) is 0 Å². The Hall–Kier alpha value is -1.40. The van der Waals surface area contributed by atoms with Gasteiger partial charge in [0, 0.05) is 13.2 Å². The van der Waals surface area contributed by atoms with Crippen molar-refractivity contribution in [2.24, 2.45) is 11.8 Å². The van der Waals surface area contributed by atoms with Crippen molar-refractivity contribution in [3.05, 3.63) is 11.4 Å². The Kier molecular flexibility index (Phi) is 4.03. The summed E-state index contributed by atoms with van der Waals surface area (Å²) in [6, 6.07) is 2.02. The maximum absolute atomic E-state index is 9.47. The van der Waals surface area contributed by atoms with Crippen LogP contribution in [0, 0.1) is 11.8 Å². The van der Waals surface area contributed by atoms with Crippen molar-refractivity contribution < 1.29 is 5.11 Å². The summed E-state index contributed by atoms with van der Waals surface area (Å²) in [5, 5.41) is 15.9. The van der Waals surface area contributed by atoms with E-state index in [-0.39, 0.29) is 6.61 Å². The van der Waals surface area contributed by atoms with E-state index in [2.05, 4.69) is 15.3 Å². The fourth-order valence-electron chi connectivity index (χ4n) is 3.03. The lowest BCUT2D eigenvalue weighted by Gasteiger charge is -2.30. The Bertz CT molecular complexity index is 586. The molecule has 0 bridgehead atoms. The molecule has 3 rings (SSSR count). The molecule has 2 aromatic heterocycles. The van der Waals surface area contributed by atoms with Gasteiger partial charge < -0.3 is 16.2 Å². The minimum atomic E-state index is 0.284. The minimum Gasteiger partial charge on any atom is -0.396 e. The van der Waals surface area contributed by atoms with Crippen LogP contribution in [0.3, 0.4) is 0 Å². The second-order valence-corrected chi connectivity index (χ2v) is 6.33. The van der Waals surface area contributed by atoms with E-state index in [0.29, 0.717) is 17.8 Å². The molecule has 1 aliphatic rings. The van der Waals surface area contributed by atoms with Gasteiger partial charge in [0.2, 0.25) is 5.95 Å². The molecule has 0 spiro atoms. The number of nitrogen functional groups attached to an aromatic ring is 1. The van der Waals surface area contributed by atoms with Crippen molar-refractivity contribution >= 4 is 33.3 Å². The molecule has 0 aromatic carbocycles. The number of hydrogen-bond donors (Lipinski definition) is 3. The van der Waals surface area contributed by atoms with Gasteiger partial charge in [-0.25, -0.2) is 4.98 Å². The fourth-order valence-corrected chi connectivity index (χ4v) is 3.80. The molecule has 1 aliphatic carbocycles. The fraction of sp³-hybridized carbons (Fsp3) is 0.571. The summed E-state index contributed by atoms with van der Waals surface area (Å²) < 4.78 is 0. The van der Waals surface area contributed by atoms with Gasteiger partial charge in [0.05, 0.1) is 5.39 Å². The van der Waals surface area contributed by atoms with E-state index in [9.17, 15) is 5.11 Å². The van der Waals surface area contributed by atoms with E-state index < -0.39 is 0 Å². The van der Waals surface area contributed by atoms with Gasteiger partial charge in [-0.2, -0.15) is 4.98 Å². The summed E-state index contributed by atoms with van der Waals surface area (Å²) in [5.74, 6) is 2.05. The summed E-state index contributed by atoms with van der Waals surface area (Å²) in [4.78, 5) is 9.45. The zero-order valence-electron chi connectivity index (χ0n) is 11.4. The summed E-state index contributed by atoms with van der Waals surface area (Å²) >= 11 is 1.57. The van der Waals surface area contributed by atoms with Gasteiger partial charge in [-0.3, -0.25) is 0 Å². The van der Waals surface area contributed by atoms with Gasteiger partial charge in [-0.1, -0.05) is 12.8 Å². The largest absolute Gasteiger partial charge is 0.396 e. The topological polar surface area (TPSA) is 84.1 Å². The van der Waals surface area contributed by atoms with Crippen LogP contribution in [0.4, 0.5) is 11.8 Å². The van der Waals surface area contributed by atoms with Crippen LogP contribution >= 0.6 is 11.3 Å². The lowest BCUT2D eigenvalue weighted by Crippen LogP contribution is -2.28. The second kappa shape index (κ2) is 5.93. The lowest BCUT2D eigenvalue weighted by molar-refractivity contribution is 0.141. The molecule has 20 heavy (non-hydrogen) atoms. The number of thiophene rings is 1. The zero-order chi connectivity index (χ0) is 13.9. The number of hydrogen-bond acceptors (Lipinski definition) is 6. The highest BCUT2D eigenvalue weighted by Crippen LogP contribution is 2.31. The lowest BCUT2D eigenvalue weighted by atomic mass is 9.79. The molecule has 6 heteroatoms. The molecule has 1 fully saturated rings. The molecule has 2 atom stereocenters. The number of aromatic nitrogens is 2. The third kappa shape index (κ3) is 2.71. The Labute approximate surface area is 122 Å². The SMILES string of the molecule is Nc1nc(NCC2CCCCC2CO)c2ccsc2n1. The summed E-state index contributed by atoms with van der Waals surface area (Å²) in [6.07, 6.45) is 4.79. The van der Waals surface area contributed by atoms with Crippen molar-refractivity contribution in [3.63, 3.8) is 0 Å². The molecule has 5 nitrogen and oxygen atoms in total. The van der Waals surface area contributed by atoms with Gasteiger partial charge in [-0.15, -0.1) is 11.3 Å². The first-order chi connectivity index (χ1) is 9.78. The average Bonchev–Trinajstić information content (AvgIpc) is 2.93. The number of nitrogens with zero attached hydrogens (tertiary/aromatic N) is 2. The van der Waals surface area contributed by atoms with E-state index in [4.69, 9.17) is 5.73 Å². The highest BCUT2D eigenvalue weighted by atomic mass is 32.1. The van der Waals surface area contributed by atoms with Crippen molar-refractivity contribution in [2.45, 2.75) is 25.7 Å². The summed E-state index contributed by atoms with van der Waals surface area (Å²) in [5.41, 5.74) is 5.75. The predicted molar refractivity (Wildman–Crippen MR) is 82.9 cm³/mol. The standard InChI is InChI=1S/C14H20N4OS/c15-14-17-12(11-5-6-20-13(11)18-14)16-7-9-3-1-2-4-10(9)8-19/h5-6,9-10,19H,1-4,7-8H2,(H3,15,16,17,18). The smallest absolute Gasteiger partial charge is 0.223 e. The van der Waals surface area contributed by atoms with E-state index in [0.717, 1.165) is 29.0 Å². The second-order valence-electron chi connectivity index (χ2n) is 5.44. The molecule has 0 saturated heterocycles. The van der Waals surface area contributed by atoms with Crippen LogP contribution in [-0.2, 0) is 0 Å². The number of anilines is 2. The molecule has 2 aromatic rings. The number of rotatable bonds is 4. The van der Waals surface area contributed by atoms with Gasteiger partial charge in [0.15, 0.2) is 0 Å². The quantitative estimate of drug-likeness (QED) is 0.806. The number of nitrogens with two attached hydrogens (primary N) is 1. The van der Waals surface area contributed by atoms with Crippen molar-refractivity contribution in [1.29, 1.82) is 0 Å². The predicted octanol–water partition coefficient (Wildman–Crippen LogP) is 2.48. The van der Waals surface area contributed by atoms with Crippen molar-refractivity contribution in [1.82, 2.24) is 9.97 Å². The number of nitrogens with one attached hydrogen (secondary N) is 1. The Morgan fingerprint density at radius 3 is 2.90 bits per heavy atom. The Morgan fingerprint density at radius 1 is 1.30 bits per heavy atom. The molecule has 4 N–H and O–H groups in total. The van der Waals surface area contributed by atoms with Gasteiger partial charge in [0.1, 0.15) is 10.6 Å². The van der Waals surface area contributed by atoms with E-state index in [1.807, 2.05) is 11.4 Å². The van der Waals surface area contributed by atoms with Gasteiger partial charge >= 0.3 is 0 Å². The van der Waals surface area contributed by atoms with Crippen LogP contribution in [-0.4, -0.2) is 28.2 Å². The molecule has 108 valence electrons. The van der Waals surface area contributed by atoms with Crippen LogP contribution in [0.1, 0.15) is 25.7 Å². The van der Waals surface area contributed by atoms with E-state index >= 15 is 0 Å². The summed E-state index contributed by atoms with van der Waals surface area (Å²) in [6.45, 7) is 1.12. The molecular weight excluding hydrogens is 272 g/mol. The van der Waals surface area contributed by atoms with Crippen LogP contribution < -0.4 is 11.1 Å². The number of aliphatic hydroxyl groups is 1. The third-order valence-corrected chi connectivity index (χ3v) is 4.98. The molecule has 2 unspecified atom stereocenters. The van der Waals surface area contributed by atoms with Crippen LogP contribution in [0.15, 0.2) is 11.4 Å². The Balaban J connectivity index is 1.74. The third-order valence-electron chi connectivity index (χ3n) is 4.18.